The van der Waals surface area contributed by atoms with Gasteiger partial charge in [0.15, 0.2) is 0 Å². The number of nitrogens with one attached hydrogen (secondary N) is 1. The molecule has 0 bridgehead atoms. The fourth-order valence-electron chi connectivity index (χ4n) is 1.60. The van der Waals surface area contributed by atoms with Gasteiger partial charge < -0.3 is 9.88 Å². The smallest absolute Gasteiger partial charge is 0.378 e. The van der Waals surface area contributed by atoms with Crippen LogP contribution in [0.4, 0.5) is 18.9 Å². The third kappa shape index (κ3) is 3.41. The van der Waals surface area contributed by atoms with Crippen LogP contribution in [-0.2, 0) is 19.8 Å². The molecule has 1 heterocycles. The second-order valence-electron chi connectivity index (χ2n) is 4.03. The highest BCUT2D eigenvalue weighted by Crippen LogP contribution is 2.33. The Morgan fingerprint density at radius 2 is 2.05 bits per heavy atom. The van der Waals surface area contributed by atoms with Gasteiger partial charge in [-0.25, -0.2) is 4.98 Å². The van der Waals surface area contributed by atoms with Crippen LogP contribution < -0.4 is 5.32 Å². The maximum Gasteiger partial charge on any atom is 0.416 e. The number of hydrogen-bond acceptors (Lipinski definition) is 2. The van der Waals surface area contributed by atoms with Crippen LogP contribution in [0, 0.1) is 0 Å². The predicted molar refractivity (Wildman–Crippen MR) is 67.0 cm³/mol. The van der Waals surface area contributed by atoms with E-state index in [1.54, 1.807) is 17.0 Å². The summed E-state index contributed by atoms with van der Waals surface area (Å²) in [7, 11) is 1.81. The molecule has 0 atom stereocenters. The molecule has 7 heteroatoms. The zero-order chi connectivity index (χ0) is 14.0. The molecule has 0 aliphatic carbocycles. The molecule has 2 rings (SSSR count). The van der Waals surface area contributed by atoms with Crippen LogP contribution in [0.15, 0.2) is 30.6 Å². The predicted octanol–water partition coefficient (Wildman–Crippen LogP) is 3.70. The number of benzene rings is 1. The molecular weight excluding hydrogens is 279 g/mol. The first-order valence-electron chi connectivity index (χ1n) is 5.44. The first kappa shape index (κ1) is 13.7. The number of nitrogens with zero attached hydrogens (tertiary/aromatic N) is 2. The summed E-state index contributed by atoms with van der Waals surface area (Å²) < 4.78 is 39.6. The van der Waals surface area contributed by atoms with Crippen LogP contribution in [0.25, 0.3) is 0 Å². The second kappa shape index (κ2) is 5.13. The normalized spacial score (nSPS) is 11.6. The summed E-state index contributed by atoms with van der Waals surface area (Å²) in [6.07, 6.45) is -1.03. The molecule has 1 N–H and O–H groups in total. The monoisotopic (exact) mass is 289 g/mol. The molecule has 0 saturated heterocycles. The van der Waals surface area contributed by atoms with Crippen molar-refractivity contribution in [2.45, 2.75) is 12.7 Å². The minimum absolute atomic E-state index is 0.0390. The van der Waals surface area contributed by atoms with Gasteiger partial charge in [0.25, 0.3) is 0 Å². The van der Waals surface area contributed by atoms with Gasteiger partial charge in [-0.3, -0.25) is 0 Å². The summed E-state index contributed by atoms with van der Waals surface area (Å²) in [5.41, 5.74) is -0.467. The minimum atomic E-state index is -4.41. The Balaban J connectivity index is 2.17. The largest absolute Gasteiger partial charge is 0.416 e. The van der Waals surface area contributed by atoms with E-state index in [1.807, 2.05) is 7.05 Å². The summed E-state index contributed by atoms with van der Waals surface area (Å²) in [5, 5.41) is 2.91. The van der Waals surface area contributed by atoms with E-state index in [1.165, 1.54) is 6.07 Å². The molecule has 0 fully saturated rings. The average molecular weight is 290 g/mol. The highest BCUT2D eigenvalue weighted by molar-refractivity contribution is 6.30. The maximum atomic E-state index is 12.6. The van der Waals surface area contributed by atoms with Gasteiger partial charge in [0.1, 0.15) is 5.82 Å². The Bertz CT molecular complexity index is 578. The van der Waals surface area contributed by atoms with Crippen LogP contribution >= 0.6 is 11.6 Å². The van der Waals surface area contributed by atoms with Crippen molar-refractivity contribution in [1.29, 1.82) is 0 Å². The molecule has 0 amide bonds. The van der Waals surface area contributed by atoms with Crippen molar-refractivity contribution in [1.82, 2.24) is 9.55 Å². The molecule has 19 heavy (non-hydrogen) atoms. The average Bonchev–Trinajstić information content (AvgIpc) is 2.70. The van der Waals surface area contributed by atoms with Gasteiger partial charge in [-0.15, -0.1) is 0 Å². The van der Waals surface area contributed by atoms with Crippen LogP contribution in [-0.4, -0.2) is 9.55 Å². The van der Waals surface area contributed by atoms with Crippen LogP contribution in [0.3, 0.4) is 0 Å². The molecule has 1 aromatic carbocycles. The Hall–Kier alpha value is -1.69. The van der Waals surface area contributed by atoms with E-state index in [-0.39, 0.29) is 5.02 Å². The summed E-state index contributed by atoms with van der Waals surface area (Å²) in [4.78, 5) is 4.07. The molecule has 1 aromatic heterocycles. The first-order chi connectivity index (χ1) is 8.86. The van der Waals surface area contributed by atoms with Crippen molar-refractivity contribution in [3.63, 3.8) is 0 Å². The van der Waals surface area contributed by atoms with E-state index in [0.717, 1.165) is 12.1 Å². The highest BCUT2D eigenvalue weighted by Gasteiger charge is 2.31. The SMILES string of the molecule is Cn1ccnc1CNc1cc(Cl)cc(C(F)(F)F)c1. The summed E-state index contributed by atoms with van der Waals surface area (Å²) in [6, 6.07) is 3.36. The Morgan fingerprint density at radius 1 is 1.32 bits per heavy atom. The van der Waals surface area contributed by atoms with Crippen molar-refractivity contribution < 1.29 is 13.2 Å². The Morgan fingerprint density at radius 3 is 2.63 bits per heavy atom. The van der Waals surface area contributed by atoms with Crippen LogP contribution in [0.1, 0.15) is 11.4 Å². The van der Waals surface area contributed by atoms with E-state index < -0.39 is 11.7 Å². The molecule has 0 spiro atoms. The van der Waals surface area contributed by atoms with Crippen molar-refractivity contribution in [3.8, 4) is 0 Å². The third-order valence-corrected chi connectivity index (χ3v) is 2.81. The van der Waals surface area contributed by atoms with Gasteiger partial charge in [-0.05, 0) is 18.2 Å². The maximum absolute atomic E-state index is 12.6. The van der Waals surface area contributed by atoms with Crippen LogP contribution in [0.2, 0.25) is 5.02 Å². The summed E-state index contributed by atoms with van der Waals surface area (Å²) >= 11 is 5.69. The van der Waals surface area contributed by atoms with E-state index in [0.29, 0.717) is 18.1 Å². The molecule has 3 nitrogen and oxygen atoms in total. The fourth-order valence-corrected chi connectivity index (χ4v) is 1.84. The molecule has 102 valence electrons. The van der Waals surface area contributed by atoms with E-state index in [2.05, 4.69) is 10.3 Å². The molecule has 2 aromatic rings. The zero-order valence-electron chi connectivity index (χ0n) is 10.0. The fraction of sp³-hybridized carbons (Fsp3) is 0.250. The Labute approximate surface area is 113 Å². The number of aromatic nitrogens is 2. The van der Waals surface area contributed by atoms with Gasteiger partial charge in [-0.2, -0.15) is 13.2 Å². The quantitative estimate of drug-likeness (QED) is 0.933. The lowest BCUT2D eigenvalue weighted by Gasteiger charge is -2.11. The van der Waals surface area contributed by atoms with Crippen LogP contribution in [0.5, 0.6) is 0 Å². The number of rotatable bonds is 3. The van der Waals surface area contributed by atoms with Crippen molar-refractivity contribution in [3.05, 3.63) is 47.0 Å². The van der Waals surface area contributed by atoms with Crippen molar-refractivity contribution in [2.24, 2.45) is 7.05 Å². The number of halogens is 4. The Kier molecular flexibility index (Phi) is 3.71. The molecule has 0 saturated carbocycles. The van der Waals surface area contributed by atoms with E-state index >= 15 is 0 Å². The third-order valence-electron chi connectivity index (χ3n) is 2.60. The number of aryl methyl sites for hydroxylation is 1. The van der Waals surface area contributed by atoms with Gasteiger partial charge in [-0.1, -0.05) is 11.6 Å². The van der Waals surface area contributed by atoms with Gasteiger partial charge in [0.05, 0.1) is 12.1 Å². The minimum Gasteiger partial charge on any atom is -0.378 e. The van der Waals surface area contributed by atoms with E-state index in [4.69, 9.17) is 11.6 Å². The van der Waals surface area contributed by atoms with E-state index in [9.17, 15) is 13.2 Å². The highest BCUT2D eigenvalue weighted by atomic mass is 35.5. The van der Waals surface area contributed by atoms with Gasteiger partial charge in [0.2, 0.25) is 0 Å². The number of imidazole rings is 1. The lowest BCUT2D eigenvalue weighted by molar-refractivity contribution is -0.137. The van der Waals surface area contributed by atoms with Crippen molar-refractivity contribution in [2.75, 3.05) is 5.32 Å². The molecule has 0 radical (unpaired) electrons. The van der Waals surface area contributed by atoms with Gasteiger partial charge >= 0.3 is 6.18 Å². The molecular formula is C12H11ClF3N3. The molecule has 0 unspecified atom stereocenters. The number of hydrogen-bond donors (Lipinski definition) is 1. The summed E-state index contributed by atoms with van der Waals surface area (Å²) in [5.74, 6) is 0.716. The first-order valence-corrected chi connectivity index (χ1v) is 5.82. The van der Waals surface area contributed by atoms with Crippen molar-refractivity contribution >= 4 is 17.3 Å². The molecule has 0 aliphatic rings. The standard InChI is InChI=1S/C12H11ClF3N3/c1-19-3-2-17-11(19)7-18-10-5-8(12(14,15)16)4-9(13)6-10/h2-6,18H,7H2,1H3. The van der Waals surface area contributed by atoms with Gasteiger partial charge in [0, 0.05) is 30.2 Å². The lowest BCUT2D eigenvalue weighted by Crippen LogP contribution is -2.08. The number of alkyl halides is 3. The lowest BCUT2D eigenvalue weighted by atomic mass is 10.2. The molecule has 0 aliphatic heterocycles. The second-order valence-corrected chi connectivity index (χ2v) is 4.47. The zero-order valence-corrected chi connectivity index (χ0v) is 10.8. The number of anilines is 1. The topological polar surface area (TPSA) is 29.9 Å². The summed E-state index contributed by atoms with van der Waals surface area (Å²) in [6.45, 7) is 0.321.